The number of carbonyl (C=O) groups is 2. The summed E-state index contributed by atoms with van der Waals surface area (Å²) in [7, 11) is 0. The Morgan fingerprint density at radius 1 is 1.12 bits per heavy atom. The van der Waals surface area contributed by atoms with Crippen molar-refractivity contribution >= 4 is 50.9 Å². The molecule has 0 bridgehead atoms. The average Bonchev–Trinajstić information content (AvgIpc) is 3.34. The molecule has 0 spiro atoms. The number of alkyl halides is 1. The highest BCUT2D eigenvalue weighted by Gasteiger charge is 2.28. The Balaban J connectivity index is 1.32. The van der Waals surface area contributed by atoms with Gasteiger partial charge in [-0.25, -0.2) is 18.9 Å². The van der Waals surface area contributed by atoms with E-state index in [1.54, 1.807) is 16.8 Å². The van der Waals surface area contributed by atoms with Crippen LogP contribution in [0.4, 0.5) is 32.2 Å². The molecule has 5 rings (SSSR count). The number of rotatable bonds is 6. The first-order valence-electron chi connectivity index (χ1n) is 12.9. The molecular formula is C29H29BrFN7O3. The lowest BCUT2D eigenvalue weighted by Gasteiger charge is -2.26. The van der Waals surface area contributed by atoms with Crippen molar-refractivity contribution in [2.45, 2.75) is 39.2 Å². The minimum atomic E-state index is -0.692. The van der Waals surface area contributed by atoms with Crippen LogP contribution in [0.2, 0.25) is 0 Å². The molecule has 0 radical (unpaired) electrons. The first-order valence-corrected chi connectivity index (χ1v) is 14.0. The molecule has 2 aromatic heterocycles. The molecule has 10 nitrogen and oxygen atoms in total. The van der Waals surface area contributed by atoms with Crippen molar-refractivity contribution in [1.29, 1.82) is 0 Å². The topological polar surface area (TPSA) is 122 Å². The van der Waals surface area contributed by atoms with Gasteiger partial charge in [0.1, 0.15) is 29.1 Å². The van der Waals surface area contributed by atoms with Gasteiger partial charge in [0.05, 0.1) is 17.1 Å². The second kappa shape index (κ2) is 11.2. The number of hydrogen-bond donors (Lipinski definition) is 4. The quantitative estimate of drug-likeness (QED) is 0.180. The van der Waals surface area contributed by atoms with Crippen LogP contribution in [-0.2, 0) is 10.2 Å². The summed E-state index contributed by atoms with van der Waals surface area (Å²) in [6.07, 6.45) is 1.48. The lowest BCUT2D eigenvalue weighted by Crippen LogP contribution is -2.40. The number of aromatic nitrogens is 3. The molecule has 1 aliphatic rings. The number of ether oxygens (including phenoxy) is 1. The summed E-state index contributed by atoms with van der Waals surface area (Å²) in [5.74, 6) is 0.402. The fourth-order valence-corrected chi connectivity index (χ4v) is 4.55. The second-order valence-corrected chi connectivity index (χ2v) is 11.3. The highest BCUT2D eigenvalue weighted by atomic mass is 79.9. The standard InChI is InChI=1S/C29H29BrFN7O3/c1-16-5-7-17(8-6-16)38-24(14-23(37-38)29(2,3)4)35-28(40)34-20-10-9-18(13-19(20)31)41-22-11-12-32-26-25(22)33-21(15-30)27(39)36-26/h5-14,21,33H,15H2,1-4H3,(H,32,36,39)(H2,34,35,40). The van der Waals surface area contributed by atoms with Crippen LogP contribution in [0.5, 0.6) is 11.5 Å². The van der Waals surface area contributed by atoms with E-state index >= 15 is 4.39 Å². The van der Waals surface area contributed by atoms with E-state index < -0.39 is 17.9 Å². The van der Waals surface area contributed by atoms with E-state index in [-0.39, 0.29) is 22.8 Å². The summed E-state index contributed by atoms with van der Waals surface area (Å²) in [5, 5.41) is 16.2. The summed E-state index contributed by atoms with van der Waals surface area (Å²) in [6.45, 7) is 8.09. The minimum Gasteiger partial charge on any atom is -0.455 e. The van der Waals surface area contributed by atoms with Crippen LogP contribution >= 0.6 is 15.9 Å². The van der Waals surface area contributed by atoms with Crippen LogP contribution in [0.25, 0.3) is 5.69 Å². The molecular weight excluding hydrogens is 593 g/mol. The van der Waals surface area contributed by atoms with E-state index in [2.05, 4.69) is 42.2 Å². The van der Waals surface area contributed by atoms with Gasteiger partial charge in [-0.1, -0.05) is 54.4 Å². The number of anilines is 4. The van der Waals surface area contributed by atoms with Crippen LogP contribution < -0.4 is 26.0 Å². The van der Waals surface area contributed by atoms with Crippen molar-refractivity contribution in [1.82, 2.24) is 14.8 Å². The van der Waals surface area contributed by atoms with Crippen molar-refractivity contribution in [2.75, 3.05) is 26.6 Å². The summed E-state index contributed by atoms with van der Waals surface area (Å²) < 4.78 is 22.6. The van der Waals surface area contributed by atoms with Gasteiger partial charge >= 0.3 is 6.03 Å². The van der Waals surface area contributed by atoms with Gasteiger partial charge in [0.15, 0.2) is 11.6 Å². The number of pyridine rings is 1. The maximum Gasteiger partial charge on any atom is 0.324 e. The first-order chi connectivity index (χ1) is 19.5. The summed E-state index contributed by atoms with van der Waals surface area (Å²) in [6, 6.07) is 14.1. The summed E-state index contributed by atoms with van der Waals surface area (Å²) in [5.41, 5.74) is 2.86. The number of fused-ring (bicyclic) bond motifs is 1. The van der Waals surface area contributed by atoms with Crippen LogP contribution in [-0.4, -0.2) is 38.1 Å². The molecule has 1 aliphatic heterocycles. The number of nitrogens with one attached hydrogen (secondary N) is 4. The van der Waals surface area contributed by atoms with Crippen LogP contribution in [0.1, 0.15) is 32.0 Å². The number of urea groups is 1. The normalized spacial score (nSPS) is 14.5. The Morgan fingerprint density at radius 2 is 1.88 bits per heavy atom. The van der Waals surface area contributed by atoms with Gasteiger partial charge in [-0.15, -0.1) is 0 Å². The SMILES string of the molecule is Cc1ccc(-n2nc(C(C)(C)C)cc2NC(=O)Nc2ccc(Oc3ccnc4c3NC(CBr)C(=O)N4)cc2F)cc1. The van der Waals surface area contributed by atoms with Gasteiger partial charge in [0, 0.05) is 35.1 Å². The van der Waals surface area contributed by atoms with Crippen molar-refractivity contribution in [3.63, 3.8) is 0 Å². The Bertz CT molecular complexity index is 1620. The van der Waals surface area contributed by atoms with E-state index in [0.29, 0.717) is 28.4 Å². The maximum absolute atomic E-state index is 15.1. The third-order valence-corrected chi connectivity index (χ3v) is 7.01. The molecule has 12 heteroatoms. The molecule has 0 saturated heterocycles. The van der Waals surface area contributed by atoms with Gasteiger partial charge in [-0.3, -0.25) is 10.1 Å². The number of carbonyl (C=O) groups excluding carboxylic acids is 2. The maximum atomic E-state index is 15.1. The number of benzene rings is 2. The van der Waals surface area contributed by atoms with Gasteiger partial charge < -0.3 is 20.7 Å². The van der Waals surface area contributed by atoms with Crippen molar-refractivity contribution in [2.24, 2.45) is 0 Å². The molecule has 4 aromatic rings. The molecule has 2 aromatic carbocycles. The largest absolute Gasteiger partial charge is 0.455 e. The highest BCUT2D eigenvalue weighted by Crippen LogP contribution is 2.37. The predicted octanol–water partition coefficient (Wildman–Crippen LogP) is 6.58. The molecule has 212 valence electrons. The lowest BCUT2D eigenvalue weighted by atomic mass is 9.92. The van der Waals surface area contributed by atoms with E-state index in [1.165, 1.54) is 24.4 Å². The molecule has 1 unspecified atom stereocenters. The molecule has 1 atom stereocenters. The van der Waals surface area contributed by atoms with Gasteiger partial charge in [0.2, 0.25) is 5.91 Å². The Kier molecular flexibility index (Phi) is 7.68. The molecule has 0 fully saturated rings. The number of aryl methyl sites for hydroxylation is 1. The first kappa shape index (κ1) is 28.1. The lowest BCUT2D eigenvalue weighted by molar-refractivity contribution is -0.116. The Hall–Kier alpha value is -4.45. The zero-order valence-corrected chi connectivity index (χ0v) is 24.5. The number of halogens is 2. The second-order valence-electron chi connectivity index (χ2n) is 10.6. The Morgan fingerprint density at radius 3 is 2.56 bits per heavy atom. The highest BCUT2D eigenvalue weighted by molar-refractivity contribution is 9.09. The fraction of sp³-hybridized carbons (Fsp3) is 0.241. The van der Waals surface area contributed by atoms with Crippen LogP contribution in [0, 0.1) is 12.7 Å². The third kappa shape index (κ3) is 6.17. The van der Waals surface area contributed by atoms with E-state index in [0.717, 1.165) is 16.9 Å². The van der Waals surface area contributed by atoms with Crippen molar-refractivity contribution in [3.05, 3.63) is 77.9 Å². The van der Waals surface area contributed by atoms with Crippen LogP contribution in [0.15, 0.2) is 60.8 Å². The fourth-order valence-electron chi connectivity index (χ4n) is 4.09. The molecule has 4 N–H and O–H groups in total. The van der Waals surface area contributed by atoms with Crippen LogP contribution in [0.3, 0.4) is 0 Å². The molecule has 3 amide bonds. The molecule has 0 saturated carbocycles. The molecule has 41 heavy (non-hydrogen) atoms. The number of nitrogens with zero attached hydrogens (tertiary/aromatic N) is 3. The zero-order chi connectivity index (χ0) is 29.3. The molecule has 0 aliphatic carbocycles. The van der Waals surface area contributed by atoms with E-state index in [1.807, 2.05) is 52.0 Å². The molecule has 3 heterocycles. The predicted molar refractivity (Wildman–Crippen MR) is 160 cm³/mol. The van der Waals surface area contributed by atoms with Gasteiger partial charge in [-0.05, 0) is 31.2 Å². The van der Waals surface area contributed by atoms with E-state index in [4.69, 9.17) is 9.84 Å². The Labute approximate surface area is 244 Å². The monoisotopic (exact) mass is 621 g/mol. The van der Waals surface area contributed by atoms with Gasteiger partial charge in [-0.2, -0.15) is 5.10 Å². The summed E-state index contributed by atoms with van der Waals surface area (Å²) >= 11 is 3.30. The van der Waals surface area contributed by atoms with Crippen molar-refractivity contribution in [3.8, 4) is 17.2 Å². The zero-order valence-electron chi connectivity index (χ0n) is 22.9. The number of amides is 3. The summed E-state index contributed by atoms with van der Waals surface area (Å²) in [4.78, 5) is 29.2. The van der Waals surface area contributed by atoms with Gasteiger partial charge in [0.25, 0.3) is 0 Å². The van der Waals surface area contributed by atoms with E-state index in [9.17, 15) is 9.59 Å². The number of hydrogen-bond acceptors (Lipinski definition) is 6. The third-order valence-electron chi connectivity index (χ3n) is 6.36. The smallest absolute Gasteiger partial charge is 0.324 e. The average molecular weight is 622 g/mol. The van der Waals surface area contributed by atoms with Crippen molar-refractivity contribution < 1.29 is 18.7 Å². The minimum absolute atomic E-state index is 0.0335.